The Morgan fingerprint density at radius 1 is 1.06 bits per heavy atom. The molecule has 4 heteroatoms. The van der Waals surface area contributed by atoms with Crippen LogP contribution in [0.4, 0.5) is 0 Å². The highest BCUT2D eigenvalue weighted by molar-refractivity contribution is 7.18. The molecule has 3 rings (SSSR count). The fraction of sp³-hybridized carbons (Fsp3) is 0. The second-order valence-corrected chi connectivity index (χ2v) is 4.26. The quantitative estimate of drug-likeness (QED) is 0.674. The summed E-state index contributed by atoms with van der Waals surface area (Å²) in [5.74, 6) is 0.625. The maximum Gasteiger partial charge on any atom is 0.237 e. The zero-order valence-electron chi connectivity index (χ0n) is 8.33. The fourth-order valence-electron chi connectivity index (χ4n) is 1.43. The van der Waals surface area contributed by atoms with Gasteiger partial charge in [-0.05, 0) is 0 Å². The molecule has 0 bridgehead atoms. The molecule has 0 atom stereocenters. The third-order valence-electron chi connectivity index (χ3n) is 2.17. The lowest BCUT2D eigenvalue weighted by Crippen LogP contribution is -1.71. The van der Waals surface area contributed by atoms with Gasteiger partial charge in [-0.25, -0.2) is 9.97 Å². The van der Waals surface area contributed by atoms with Crippen molar-refractivity contribution in [2.24, 2.45) is 0 Å². The minimum absolute atomic E-state index is 0.625. The number of aromatic nitrogens is 2. The predicted octanol–water partition coefficient (Wildman–Crippen LogP) is 3.47. The van der Waals surface area contributed by atoms with Crippen LogP contribution in [-0.4, -0.2) is 9.97 Å². The van der Waals surface area contributed by atoms with Crippen molar-refractivity contribution in [2.75, 3.05) is 0 Å². The second-order valence-electron chi connectivity index (χ2n) is 3.23. The number of hydrogen-bond acceptors (Lipinski definition) is 4. The zero-order valence-corrected chi connectivity index (χ0v) is 9.15. The number of benzene rings is 1. The first-order valence-corrected chi connectivity index (χ1v) is 5.66. The highest BCUT2D eigenvalue weighted by Gasteiger charge is 2.08. The van der Waals surface area contributed by atoms with E-state index in [-0.39, 0.29) is 0 Å². The van der Waals surface area contributed by atoms with Gasteiger partial charge in [0.15, 0.2) is 0 Å². The van der Waals surface area contributed by atoms with Gasteiger partial charge in [0.25, 0.3) is 0 Å². The Labute approximate surface area is 96.4 Å². The highest BCUT2D eigenvalue weighted by Crippen LogP contribution is 2.30. The van der Waals surface area contributed by atoms with E-state index in [4.69, 9.17) is 4.42 Å². The summed E-state index contributed by atoms with van der Waals surface area (Å²) < 4.78 is 5.23. The first-order chi connectivity index (χ1) is 7.93. The summed E-state index contributed by atoms with van der Waals surface area (Å²) in [6, 6.07) is 10.1. The monoisotopic (exact) mass is 228 g/mol. The minimum atomic E-state index is 0.625. The maximum atomic E-state index is 5.23. The molecular formula is C12H8N2OS. The summed E-state index contributed by atoms with van der Waals surface area (Å²) in [6.07, 6.45) is 4.99. The minimum Gasteiger partial charge on any atom is -0.444 e. The van der Waals surface area contributed by atoms with Crippen LogP contribution in [0.3, 0.4) is 0 Å². The van der Waals surface area contributed by atoms with Crippen LogP contribution < -0.4 is 0 Å². The van der Waals surface area contributed by atoms with Gasteiger partial charge < -0.3 is 4.42 Å². The second kappa shape index (κ2) is 3.90. The Morgan fingerprint density at radius 2 is 1.94 bits per heavy atom. The van der Waals surface area contributed by atoms with E-state index in [1.54, 1.807) is 30.0 Å². The number of rotatable bonds is 2. The van der Waals surface area contributed by atoms with Crippen molar-refractivity contribution in [3.8, 4) is 21.3 Å². The highest BCUT2D eigenvalue weighted by atomic mass is 32.1. The lowest BCUT2D eigenvalue weighted by atomic mass is 10.2. The van der Waals surface area contributed by atoms with Crippen molar-refractivity contribution < 1.29 is 4.42 Å². The van der Waals surface area contributed by atoms with Crippen molar-refractivity contribution in [3.05, 3.63) is 49.0 Å². The topological polar surface area (TPSA) is 38.9 Å². The van der Waals surface area contributed by atoms with Crippen LogP contribution >= 0.6 is 11.3 Å². The molecule has 0 saturated heterocycles. The molecule has 0 amide bonds. The van der Waals surface area contributed by atoms with Crippen LogP contribution in [-0.2, 0) is 0 Å². The molecule has 2 aromatic heterocycles. The van der Waals surface area contributed by atoms with E-state index in [0.717, 1.165) is 15.4 Å². The van der Waals surface area contributed by atoms with Crippen LogP contribution in [0, 0.1) is 0 Å². The van der Waals surface area contributed by atoms with Gasteiger partial charge in [-0.2, -0.15) is 0 Å². The van der Waals surface area contributed by atoms with Crippen molar-refractivity contribution in [1.29, 1.82) is 0 Å². The van der Waals surface area contributed by atoms with Crippen LogP contribution in [0.15, 0.2) is 53.4 Å². The molecule has 0 N–H and O–H groups in total. The Hall–Kier alpha value is -1.94. The molecule has 0 aliphatic heterocycles. The van der Waals surface area contributed by atoms with Crippen molar-refractivity contribution >= 4 is 11.3 Å². The number of oxazole rings is 1. The van der Waals surface area contributed by atoms with Crippen LogP contribution in [0.1, 0.15) is 0 Å². The van der Waals surface area contributed by atoms with Gasteiger partial charge in [-0.1, -0.05) is 30.3 Å². The van der Waals surface area contributed by atoms with E-state index < -0.39 is 0 Å². The molecule has 3 nitrogen and oxygen atoms in total. The molecule has 16 heavy (non-hydrogen) atoms. The fourth-order valence-corrected chi connectivity index (χ4v) is 2.29. The molecule has 0 fully saturated rings. The van der Waals surface area contributed by atoms with E-state index in [1.807, 2.05) is 30.3 Å². The summed E-state index contributed by atoms with van der Waals surface area (Å²) >= 11 is 1.58. The van der Waals surface area contributed by atoms with Crippen molar-refractivity contribution in [3.63, 3.8) is 0 Å². The maximum absolute atomic E-state index is 5.23. The molecule has 0 spiro atoms. The van der Waals surface area contributed by atoms with Crippen LogP contribution in [0.5, 0.6) is 0 Å². The van der Waals surface area contributed by atoms with Crippen molar-refractivity contribution in [2.45, 2.75) is 0 Å². The molecule has 2 heterocycles. The summed E-state index contributed by atoms with van der Waals surface area (Å²) in [4.78, 5) is 9.41. The SMILES string of the molecule is c1ccc(-c2ncc(-c3ncco3)s2)cc1. The normalized spacial score (nSPS) is 10.5. The van der Waals surface area contributed by atoms with E-state index in [2.05, 4.69) is 9.97 Å². The lowest BCUT2D eigenvalue weighted by Gasteiger charge is -1.92. The van der Waals surface area contributed by atoms with Gasteiger partial charge in [-0.15, -0.1) is 11.3 Å². The molecule has 0 aliphatic rings. The van der Waals surface area contributed by atoms with Gasteiger partial charge in [0, 0.05) is 5.56 Å². The van der Waals surface area contributed by atoms with E-state index in [0.29, 0.717) is 5.89 Å². The Morgan fingerprint density at radius 3 is 2.69 bits per heavy atom. The predicted molar refractivity (Wildman–Crippen MR) is 63.0 cm³/mol. The average Bonchev–Trinajstić information content (AvgIpc) is 3.01. The van der Waals surface area contributed by atoms with Gasteiger partial charge in [0.2, 0.25) is 5.89 Å². The van der Waals surface area contributed by atoms with Gasteiger partial charge in [-0.3, -0.25) is 0 Å². The summed E-state index contributed by atoms with van der Waals surface area (Å²) in [5, 5.41) is 0.980. The Balaban J connectivity index is 2.00. The average molecular weight is 228 g/mol. The summed E-state index contributed by atoms with van der Waals surface area (Å²) in [5.41, 5.74) is 1.12. The Kier molecular flexibility index (Phi) is 2.27. The van der Waals surface area contributed by atoms with Crippen LogP contribution in [0.2, 0.25) is 0 Å². The van der Waals surface area contributed by atoms with Crippen LogP contribution in [0.25, 0.3) is 21.3 Å². The molecule has 1 aromatic carbocycles. The molecular weight excluding hydrogens is 220 g/mol. The molecule has 3 aromatic rings. The molecule has 0 radical (unpaired) electrons. The van der Waals surface area contributed by atoms with Gasteiger partial charge >= 0.3 is 0 Å². The first-order valence-electron chi connectivity index (χ1n) is 4.84. The summed E-state index contributed by atoms with van der Waals surface area (Å²) in [7, 11) is 0. The third-order valence-corrected chi connectivity index (χ3v) is 3.20. The molecule has 78 valence electrons. The van der Waals surface area contributed by atoms with Gasteiger partial charge in [0.1, 0.15) is 16.1 Å². The first kappa shape index (κ1) is 9.30. The zero-order chi connectivity index (χ0) is 10.8. The van der Waals surface area contributed by atoms with E-state index in [9.17, 15) is 0 Å². The smallest absolute Gasteiger partial charge is 0.237 e. The number of thiazole rings is 1. The van der Waals surface area contributed by atoms with E-state index in [1.165, 1.54) is 0 Å². The number of nitrogens with zero attached hydrogens (tertiary/aromatic N) is 2. The largest absolute Gasteiger partial charge is 0.444 e. The standard InChI is InChI=1S/C12H8N2OS/c1-2-4-9(5-3-1)12-14-8-10(16-12)11-13-6-7-15-11/h1-8H. The molecule has 0 unspecified atom stereocenters. The van der Waals surface area contributed by atoms with E-state index >= 15 is 0 Å². The molecule has 0 saturated carbocycles. The Bertz CT molecular complexity index is 572. The lowest BCUT2D eigenvalue weighted by molar-refractivity contribution is 0.576. The third kappa shape index (κ3) is 1.63. The number of hydrogen-bond donors (Lipinski definition) is 0. The van der Waals surface area contributed by atoms with Crippen molar-refractivity contribution in [1.82, 2.24) is 9.97 Å². The molecule has 0 aliphatic carbocycles. The van der Waals surface area contributed by atoms with Gasteiger partial charge in [0.05, 0.1) is 12.4 Å². The summed E-state index contributed by atoms with van der Waals surface area (Å²) in [6.45, 7) is 0.